The van der Waals surface area contributed by atoms with Crippen molar-refractivity contribution in [3.63, 3.8) is 0 Å². The fourth-order valence-corrected chi connectivity index (χ4v) is 3.92. The van der Waals surface area contributed by atoms with Crippen molar-refractivity contribution in [2.45, 2.75) is 32.4 Å². The summed E-state index contributed by atoms with van der Waals surface area (Å²) in [6, 6.07) is 10.0. The zero-order chi connectivity index (χ0) is 23.5. The van der Waals surface area contributed by atoms with Crippen LogP contribution in [0.25, 0.3) is 16.7 Å². The van der Waals surface area contributed by atoms with Crippen molar-refractivity contribution in [2.24, 2.45) is 0 Å². The number of esters is 1. The Labute approximate surface area is 188 Å². The molecule has 1 aromatic carbocycles. The van der Waals surface area contributed by atoms with Gasteiger partial charge in [0.15, 0.2) is 5.65 Å². The van der Waals surface area contributed by atoms with E-state index in [0.717, 1.165) is 17.4 Å². The van der Waals surface area contributed by atoms with Crippen molar-refractivity contribution in [2.75, 3.05) is 20.3 Å². The maximum Gasteiger partial charge on any atom is 0.338 e. The molecular formula is C23H24N4O6. The first-order valence-corrected chi connectivity index (χ1v) is 10.6. The van der Waals surface area contributed by atoms with Gasteiger partial charge in [-0.05, 0) is 38.0 Å². The van der Waals surface area contributed by atoms with Crippen LogP contribution < -0.4 is 16.6 Å². The highest BCUT2D eigenvalue weighted by Crippen LogP contribution is 2.18. The fraction of sp³-hybridized carbons (Fsp3) is 0.348. The van der Waals surface area contributed by atoms with E-state index in [4.69, 9.17) is 9.47 Å². The fourth-order valence-electron chi connectivity index (χ4n) is 3.92. The topological polar surface area (TPSA) is 122 Å². The number of carbonyl (C=O) groups is 2. The number of aromatic nitrogens is 3. The van der Waals surface area contributed by atoms with E-state index in [1.165, 1.54) is 17.7 Å². The normalized spacial score (nSPS) is 15.5. The molecule has 0 aliphatic carbocycles. The number of carbonyl (C=O) groups excluding carboxylic acids is 2. The van der Waals surface area contributed by atoms with Gasteiger partial charge in [0.05, 0.1) is 29.9 Å². The molecule has 0 radical (unpaired) electrons. The van der Waals surface area contributed by atoms with Crippen LogP contribution in [0.15, 0.2) is 46.0 Å². The summed E-state index contributed by atoms with van der Waals surface area (Å²) >= 11 is 0. The van der Waals surface area contributed by atoms with E-state index < -0.39 is 29.7 Å². The number of nitrogens with one attached hydrogen (secondary N) is 1. The van der Waals surface area contributed by atoms with E-state index in [0.29, 0.717) is 24.5 Å². The molecule has 1 aliphatic rings. The molecule has 3 heterocycles. The van der Waals surface area contributed by atoms with Crippen molar-refractivity contribution in [3.8, 4) is 5.69 Å². The largest absolute Gasteiger partial charge is 0.465 e. The smallest absolute Gasteiger partial charge is 0.338 e. The predicted molar refractivity (Wildman–Crippen MR) is 120 cm³/mol. The van der Waals surface area contributed by atoms with Crippen molar-refractivity contribution in [1.29, 1.82) is 0 Å². The number of hydrogen-bond acceptors (Lipinski definition) is 7. The highest BCUT2D eigenvalue weighted by Gasteiger charge is 2.24. The molecule has 10 heteroatoms. The highest BCUT2D eigenvalue weighted by molar-refractivity contribution is 6.02. The van der Waals surface area contributed by atoms with E-state index in [-0.39, 0.29) is 22.7 Å². The van der Waals surface area contributed by atoms with Gasteiger partial charge in [-0.15, -0.1) is 0 Å². The Morgan fingerprint density at radius 3 is 2.67 bits per heavy atom. The van der Waals surface area contributed by atoms with Gasteiger partial charge in [0.25, 0.3) is 5.56 Å². The molecule has 1 amide bonds. The van der Waals surface area contributed by atoms with Gasteiger partial charge in [0.2, 0.25) is 5.91 Å². The van der Waals surface area contributed by atoms with Gasteiger partial charge < -0.3 is 14.8 Å². The first kappa shape index (κ1) is 22.4. The standard InChI is InChI=1S/C23H24N4O6/c1-14-11-17(22(30)32-2)19-20(25-14)27(15-7-4-3-5-8-15)23(31)26(21(19)29)13-18(28)24-12-16-9-6-10-33-16/h3-5,7-8,11,16H,6,9-10,12-13H2,1-2H3,(H,24,28)/t16-/m0/s1. The molecule has 4 rings (SSSR count). The molecule has 0 unspecified atom stereocenters. The number of ether oxygens (including phenoxy) is 2. The van der Waals surface area contributed by atoms with E-state index in [1.807, 2.05) is 0 Å². The molecule has 2 aromatic heterocycles. The van der Waals surface area contributed by atoms with Crippen molar-refractivity contribution in [3.05, 3.63) is 68.5 Å². The summed E-state index contributed by atoms with van der Waals surface area (Å²) in [7, 11) is 1.20. The number of pyridine rings is 1. The Hall–Kier alpha value is -3.79. The zero-order valence-electron chi connectivity index (χ0n) is 18.4. The van der Waals surface area contributed by atoms with Crippen molar-refractivity contribution < 1.29 is 19.1 Å². The van der Waals surface area contributed by atoms with Gasteiger partial charge in [-0.1, -0.05) is 18.2 Å². The zero-order valence-corrected chi connectivity index (χ0v) is 18.4. The van der Waals surface area contributed by atoms with Crippen molar-refractivity contribution in [1.82, 2.24) is 19.4 Å². The summed E-state index contributed by atoms with van der Waals surface area (Å²) < 4.78 is 12.4. The Morgan fingerprint density at radius 2 is 2.00 bits per heavy atom. The van der Waals surface area contributed by atoms with E-state index in [2.05, 4.69) is 10.3 Å². The molecule has 0 spiro atoms. The Balaban J connectivity index is 1.88. The number of rotatable bonds is 6. The summed E-state index contributed by atoms with van der Waals surface area (Å²) in [6.45, 7) is 2.08. The van der Waals surface area contributed by atoms with Crippen molar-refractivity contribution >= 4 is 22.9 Å². The maximum absolute atomic E-state index is 13.4. The molecular weight excluding hydrogens is 428 g/mol. The average molecular weight is 452 g/mol. The molecule has 0 saturated carbocycles. The second-order valence-corrected chi connectivity index (χ2v) is 7.79. The first-order valence-electron chi connectivity index (χ1n) is 10.6. The molecule has 1 atom stereocenters. The molecule has 10 nitrogen and oxygen atoms in total. The quantitative estimate of drug-likeness (QED) is 0.553. The molecule has 1 fully saturated rings. The first-order chi connectivity index (χ1) is 15.9. The molecule has 1 saturated heterocycles. The van der Waals surface area contributed by atoms with Gasteiger partial charge in [-0.2, -0.15) is 0 Å². The molecule has 1 aliphatic heterocycles. The van der Waals surface area contributed by atoms with Crippen LogP contribution in [0.4, 0.5) is 0 Å². The summed E-state index contributed by atoms with van der Waals surface area (Å²) in [6.07, 6.45) is 1.68. The number of para-hydroxylation sites is 1. The minimum absolute atomic E-state index is 0.0209. The summed E-state index contributed by atoms with van der Waals surface area (Å²) in [4.78, 5) is 56.3. The average Bonchev–Trinajstić information content (AvgIpc) is 3.34. The lowest BCUT2D eigenvalue weighted by Crippen LogP contribution is -2.45. The molecule has 1 N–H and O–H groups in total. The van der Waals surface area contributed by atoms with Gasteiger partial charge in [-0.25, -0.2) is 23.7 Å². The van der Waals surface area contributed by atoms with Gasteiger partial charge in [0.1, 0.15) is 6.54 Å². The van der Waals surface area contributed by atoms with Crippen LogP contribution in [-0.4, -0.2) is 52.4 Å². The Kier molecular flexibility index (Phi) is 6.36. The lowest BCUT2D eigenvalue weighted by molar-refractivity contribution is -0.122. The van der Waals surface area contributed by atoms with E-state index >= 15 is 0 Å². The second-order valence-electron chi connectivity index (χ2n) is 7.79. The number of amides is 1. The van der Waals surface area contributed by atoms with Crippen LogP contribution >= 0.6 is 0 Å². The van der Waals surface area contributed by atoms with Gasteiger partial charge in [0, 0.05) is 18.8 Å². The molecule has 33 heavy (non-hydrogen) atoms. The number of methoxy groups -OCH3 is 1. The SMILES string of the molecule is COC(=O)c1cc(C)nc2c1c(=O)n(CC(=O)NC[C@@H]1CCCO1)c(=O)n2-c1ccccc1. The van der Waals surface area contributed by atoms with Crippen LogP contribution in [0.3, 0.4) is 0 Å². The van der Waals surface area contributed by atoms with E-state index in [1.54, 1.807) is 37.3 Å². The monoisotopic (exact) mass is 452 g/mol. The van der Waals surface area contributed by atoms with E-state index in [9.17, 15) is 19.2 Å². The lowest BCUT2D eigenvalue weighted by atomic mass is 10.1. The maximum atomic E-state index is 13.4. The van der Waals surface area contributed by atoms with Gasteiger partial charge in [-0.3, -0.25) is 9.59 Å². The third-order valence-corrected chi connectivity index (χ3v) is 5.49. The number of nitrogens with zero attached hydrogens (tertiary/aromatic N) is 3. The lowest BCUT2D eigenvalue weighted by Gasteiger charge is -2.16. The Bertz CT molecular complexity index is 1320. The van der Waals surface area contributed by atoms with Gasteiger partial charge >= 0.3 is 11.7 Å². The van der Waals surface area contributed by atoms with Crippen LogP contribution in [-0.2, 0) is 20.8 Å². The third kappa shape index (κ3) is 4.42. The molecule has 0 bridgehead atoms. The van der Waals surface area contributed by atoms with Crippen LogP contribution in [0, 0.1) is 6.92 Å². The predicted octanol–water partition coefficient (Wildman–Crippen LogP) is 0.938. The summed E-state index contributed by atoms with van der Waals surface area (Å²) in [5.41, 5.74) is -0.661. The van der Waals surface area contributed by atoms with Crippen LogP contribution in [0.5, 0.6) is 0 Å². The number of benzene rings is 1. The second kappa shape index (κ2) is 9.37. The Morgan fingerprint density at radius 1 is 1.24 bits per heavy atom. The minimum atomic E-state index is -0.789. The summed E-state index contributed by atoms with van der Waals surface area (Å²) in [5, 5.41) is 2.62. The minimum Gasteiger partial charge on any atom is -0.465 e. The number of hydrogen-bond donors (Lipinski definition) is 1. The third-order valence-electron chi connectivity index (χ3n) is 5.49. The molecule has 3 aromatic rings. The van der Waals surface area contributed by atoms with Crippen LogP contribution in [0.2, 0.25) is 0 Å². The highest BCUT2D eigenvalue weighted by atomic mass is 16.5. The summed E-state index contributed by atoms with van der Waals surface area (Å²) in [5.74, 6) is -1.25. The van der Waals surface area contributed by atoms with Crippen LogP contribution in [0.1, 0.15) is 28.9 Å². The number of fused-ring (bicyclic) bond motifs is 1. The number of aryl methyl sites for hydroxylation is 1. The molecule has 172 valence electrons.